The van der Waals surface area contributed by atoms with Crippen LogP contribution in [0.1, 0.15) is 11.8 Å². The number of aliphatic hydroxyl groups is 1. The van der Waals surface area contributed by atoms with Gasteiger partial charge in [0, 0.05) is 29.4 Å². The van der Waals surface area contributed by atoms with Gasteiger partial charge in [0.05, 0.1) is 11.9 Å². The van der Waals surface area contributed by atoms with Gasteiger partial charge in [0.25, 0.3) is 0 Å². The molecule has 5 rings (SSSR count). The van der Waals surface area contributed by atoms with Crippen LogP contribution in [0.15, 0.2) is 79.8 Å². The molecule has 3 aromatic heterocycles. The van der Waals surface area contributed by atoms with Crippen molar-refractivity contribution in [1.82, 2.24) is 29.6 Å². The largest absolute Gasteiger partial charge is 0.383 e. The van der Waals surface area contributed by atoms with Gasteiger partial charge in [0.15, 0.2) is 11.9 Å². The molecule has 0 aliphatic rings. The average molecular weight is 454 g/mol. The third-order valence-electron chi connectivity index (χ3n) is 5.79. The third kappa shape index (κ3) is 3.78. The Hall–Kier alpha value is -4.50. The van der Waals surface area contributed by atoms with Crippen molar-refractivity contribution in [2.45, 2.75) is 12.8 Å². The summed E-state index contributed by atoms with van der Waals surface area (Å²) >= 11 is 0. The highest BCUT2D eigenvalue weighted by molar-refractivity contribution is 5.99. The van der Waals surface area contributed by atoms with Gasteiger partial charge in [-0.1, -0.05) is 49.0 Å². The molecule has 9 heteroatoms. The van der Waals surface area contributed by atoms with Gasteiger partial charge in [-0.05, 0) is 23.6 Å². The first-order valence-corrected chi connectivity index (χ1v) is 10.8. The lowest BCUT2D eigenvalue weighted by Crippen LogP contribution is -2.36. The Morgan fingerprint density at radius 2 is 2.03 bits per heavy atom. The minimum absolute atomic E-state index is 0.177. The summed E-state index contributed by atoms with van der Waals surface area (Å²) < 4.78 is 1.68. The molecular formula is C25H23N7O2. The summed E-state index contributed by atoms with van der Waals surface area (Å²) in [7, 11) is 0. The molecular weight excluding hydrogens is 430 g/mol. The molecule has 0 radical (unpaired) electrons. The maximum absolute atomic E-state index is 12.6. The first-order valence-electron chi connectivity index (χ1n) is 10.8. The molecule has 1 amide bonds. The summed E-state index contributed by atoms with van der Waals surface area (Å²) in [5.41, 5.74) is 9.87. The van der Waals surface area contributed by atoms with E-state index in [1.54, 1.807) is 16.8 Å². The van der Waals surface area contributed by atoms with Gasteiger partial charge in [-0.25, -0.2) is 14.6 Å². The second-order valence-corrected chi connectivity index (χ2v) is 7.83. The van der Waals surface area contributed by atoms with Gasteiger partial charge < -0.3 is 20.7 Å². The van der Waals surface area contributed by atoms with Crippen molar-refractivity contribution in [3.63, 3.8) is 0 Å². The number of hydrogen-bond acceptors (Lipinski definition) is 6. The smallest absolute Gasteiger partial charge is 0.248 e. The molecule has 9 nitrogen and oxygen atoms in total. The third-order valence-corrected chi connectivity index (χ3v) is 5.79. The number of nitrogen functional groups attached to an aromatic ring is 1. The van der Waals surface area contributed by atoms with E-state index in [0.717, 1.165) is 16.5 Å². The monoisotopic (exact) mass is 453 g/mol. The number of benzene rings is 2. The van der Waals surface area contributed by atoms with Crippen LogP contribution in [-0.4, -0.2) is 47.2 Å². The van der Waals surface area contributed by atoms with Crippen LogP contribution in [0.2, 0.25) is 0 Å². The molecule has 4 N–H and O–H groups in total. The van der Waals surface area contributed by atoms with Crippen LogP contribution in [0.25, 0.3) is 33.2 Å². The number of fused-ring (bicyclic) bond motifs is 2. The molecule has 2 aromatic carbocycles. The number of H-pyrrole nitrogens is 1. The van der Waals surface area contributed by atoms with Crippen molar-refractivity contribution in [2.24, 2.45) is 0 Å². The Labute approximate surface area is 195 Å². The summed E-state index contributed by atoms with van der Waals surface area (Å²) in [6.07, 6.45) is 3.33. The molecule has 0 saturated carbocycles. The molecule has 0 saturated heterocycles. The summed E-state index contributed by atoms with van der Waals surface area (Å²) in [6, 6.07) is 17.0. The number of anilines is 1. The summed E-state index contributed by atoms with van der Waals surface area (Å²) in [5, 5.41) is 17.4. The number of nitrogens with two attached hydrogens (primary N) is 1. The predicted molar refractivity (Wildman–Crippen MR) is 130 cm³/mol. The van der Waals surface area contributed by atoms with Crippen LogP contribution >= 0.6 is 0 Å². The number of aromatic amines is 1. The van der Waals surface area contributed by atoms with E-state index in [9.17, 15) is 9.90 Å². The SMILES string of the molecule is C=CC(=O)N(CCn1nc(-c2ccc3cc[nH]c3c2)c2c(N)ncnc21)C(O)c1ccccc1. The van der Waals surface area contributed by atoms with E-state index in [2.05, 4.69) is 21.5 Å². The van der Waals surface area contributed by atoms with E-state index in [1.807, 2.05) is 48.7 Å². The average Bonchev–Trinajstić information content (AvgIpc) is 3.49. The fourth-order valence-electron chi connectivity index (χ4n) is 4.06. The summed E-state index contributed by atoms with van der Waals surface area (Å²) in [5.74, 6) is -0.0689. The highest BCUT2D eigenvalue weighted by Crippen LogP contribution is 2.31. The predicted octanol–water partition coefficient (Wildman–Crippen LogP) is 3.26. The Kier molecular flexibility index (Phi) is 5.52. The van der Waals surface area contributed by atoms with Gasteiger partial charge in [-0.2, -0.15) is 5.10 Å². The van der Waals surface area contributed by atoms with Gasteiger partial charge in [-0.15, -0.1) is 0 Å². The van der Waals surface area contributed by atoms with E-state index in [-0.39, 0.29) is 19.0 Å². The van der Waals surface area contributed by atoms with E-state index in [1.165, 1.54) is 17.3 Å². The number of aliphatic hydroxyl groups excluding tert-OH is 1. The van der Waals surface area contributed by atoms with Gasteiger partial charge in [-0.3, -0.25) is 4.79 Å². The molecule has 0 bridgehead atoms. The quantitative estimate of drug-likeness (QED) is 0.257. The Balaban J connectivity index is 1.51. The number of carbonyl (C=O) groups excluding carboxylic acids is 1. The number of hydrogen-bond donors (Lipinski definition) is 3. The van der Waals surface area contributed by atoms with E-state index >= 15 is 0 Å². The molecule has 1 atom stereocenters. The molecule has 0 aliphatic carbocycles. The maximum atomic E-state index is 12.6. The van der Waals surface area contributed by atoms with Crippen LogP contribution in [0, 0.1) is 0 Å². The van der Waals surface area contributed by atoms with Gasteiger partial charge in [0.2, 0.25) is 5.91 Å². The zero-order chi connectivity index (χ0) is 23.7. The van der Waals surface area contributed by atoms with Crippen LogP contribution in [0.3, 0.4) is 0 Å². The van der Waals surface area contributed by atoms with Crippen molar-refractivity contribution in [3.05, 3.63) is 85.3 Å². The lowest BCUT2D eigenvalue weighted by Gasteiger charge is -2.27. The number of nitrogens with zero attached hydrogens (tertiary/aromatic N) is 5. The van der Waals surface area contributed by atoms with Gasteiger partial charge in [0.1, 0.15) is 17.8 Å². The molecule has 170 valence electrons. The number of amides is 1. The zero-order valence-electron chi connectivity index (χ0n) is 18.3. The molecule has 5 aromatic rings. The Morgan fingerprint density at radius 1 is 1.21 bits per heavy atom. The maximum Gasteiger partial charge on any atom is 0.248 e. The van der Waals surface area contributed by atoms with Crippen molar-refractivity contribution >= 4 is 33.7 Å². The summed E-state index contributed by atoms with van der Waals surface area (Å²) in [4.78, 5) is 25.7. The molecule has 34 heavy (non-hydrogen) atoms. The van der Waals surface area contributed by atoms with E-state index < -0.39 is 6.23 Å². The second-order valence-electron chi connectivity index (χ2n) is 7.83. The lowest BCUT2D eigenvalue weighted by atomic mass is 10.1. The fraction of sp³-hybridized carbons (Fsp3) is 0.120. The molecule has 0 fully saturated rings. The van der Waals surface area contributed by atoms with Crippen molar-refractivity contribution in [1.29, 1.82) is 0 Å². The first kappa shape index (κ1) is 21.4. The van der Waals surface area contributed by atoms with Crippen LogP contribution in [0.4, 0.5) is 5.82 Å². The normalized spacial score (nSPS) is 12.1. The minimum atomic E-state index is -1.12. The van der Waals surface area contributed by atoms with Crippen molar-refractivity contribution < 1.29 is 9.90 Å². The topological polar surface area (TPSA) is 126 Å². The van der Waals surface area contributed by atoms with Crippen LogP contribution < -0.4 is 5.73 Å². The highest BCUT2D eigenvalue weighted by Gasteiger charge is 2.23. The first-order chi connectivity index (χ1) is 16.6. The van der Waals surface area contributed by atoms with Gasteiger partial charge >= 0.3 is 0 Å². The highest BCUT2D eigenvalue weighted by atomic mass is 16.3. The van der Waals surface area contributed by atoms with E-state index in [0.29, 0.717) is 28.1 Å². The number of rotatable bonds is 7. The molecule has 1 unspecified atom stereocenters. The van der Waals surface area contributed by atoms with Crippen molar-refractivity contribution in [2.75, 3.05) is 12.3 Å². The fourth-order valence-corrected chi connectivity index (χ4v) is 4.06. The van der Waals surface area contributed by atoms with Crippen LogP contribution in [0.5, 0.6) is 0 Å². The minimum Gasteiger partial charge on any atom is -0.383 e. The molecule has 0 aliphatic heterocycles. The number of carbonyl (C=O) groups is 1. The zero-order valence-corrected chi connectivity index (χ0v) is 18.3. The lowest BCUT2D eigenvalue weighted by molar-refractivity contribution is -0.136. The summed E-state index contributed by atoms with van der Waals surface area (Å²) in [6.45, 7) is 4.03. The number of nitrogens with one attached hydrogen (secondary N) is 1. The Morgan fingerprint density at radius 3 is 2.82 bits per heavy atom. The number of aromatic nitrogens is 5. The van der Waals surface area contributed by atoms with Crippen LogP contribution in [-0.2, 0) is 11.3 Å². The second kappa shape index (κ2) is 8.80. The van der Waals surface area contributed by atoms with E-state index in [4.69, 9.17) is 10.8 Å². The van der Waals surface area contributed by atoms with Crippen molar-refractivity contribution in [3.8, 4) is 11.3 Å². The molecule has 0 spiro atoms. The molecule has 3 heterocycles. The standard InChI is InChI=1S/C25H23N7O2/c1-2-20(33)31(25(34)17-6-4-3-5-7-17)12-13-32-24-21(23(26)28-15-29-24)22(30-32)18-9-8-16-10-11-27-19(16)14-18/h2-11,14-15,25,27,34H,1,12-13H2,(H2,26,28,29). The Bertz CT molecular complexity index is 1490.